The highest BCUT2D eigenvalue weighted by Gasteiger charge is 2.51. The number of hydrogen-bond donors (Lipinski definition) is 3. The number of nitrogens with two attached hydrogens (primary N) is 1. The molecule has 3 heterocycles. The molecule has 5 aromatic rings. The van der Waals surface area contributed by atoms with E-state index < -0.39 is 12.2 Å². The number of hydrogen-bond acceptors (Lipinski definition) is 7. The highest BCUT2D eigenvalue weighted by Crippen LogP contribution is 2.35. The van der Waals surface area contributed by atoms with Gasteiger partial charge in [-0.05, 0) is 65.9 Å². The van der Waals surface area contributed by atoms with Gasteiger partial charge in [0.15, 0.2) is 0 Å². The molecule has 2 aliphatic rings. The zero-order valence-electron chi connectivity index (χ0n) is 32.2. The van der Waals surface area contributed by atoms with Crippen LogP contribution in [0.4, 0.5) is 5.69 Å². The van der Waals surface area contributed by atoms with Crippen LogP contribution in [-0.2, 0) is 45.6 Å². The predicted molar refractivity (Wildman–Crippen MR) is 220 cm³/mol. The second kappa shape index (κ2) is 17.3. The van der Waals surface area contributed by atoms with Gasteiger partial charge in [0.25, 0.3) is 0 Å². The number of amides is 4. The van der Waals surface area contributed by atoms with Crippen LogP contribution >= 0.6 is 0 Å². The maximum Gasteiger partial charge on any atom is 0.246 e. The summed E-state index contributed by atoms with van der Waals surface area (Å²) in [6, 6.07) is 29.4. The van der Waals surface area contributed by atoms with Crippen molar-refractivity contribution in [3.05, 3.63) is 133 Å². The van der Waals surface area contributed by atoms with E-state index in [1.165, 1.54) is 0 Å². The van der Waals surface area contributed by atoms with Crippen LogP contribution in [0.15, 0.2) is 116 Å². The van der Waals surface area contributed by atoms with E-state index in [4.69, 9.17) is 5.73 Å². The number of phenols is 1. The van der Waals surface area contributed by atoms with Gasteiger partial charge < -0.3 is 30.5 Å². The maximum atomic E-state index is 14.7. The zero-order chi connectivity index (χ0) is 40.1. The molecular formula is C45H49N7O5. The summed E-state index contributed by atoms with van der Waals surface area (Å²) in [4.78, 5) is 58.7. The first kappa shape index (κ1) is 39.0. The maximum absolute atomic E-state index is 14.7. The van der Waals surface area contributed by atoms with E-state index in [1.807, 2.05) is 73.8 Å². The minimum atomic E-state index is -0.881. The van der Waals surface area contributed by atoms with Crippen LogP contribution in [-0.4, -0.2) is 91.5 Å². The molecule has 0 saturated carbocycles. The minimum Gasteiger partial charge on any atom is -0.508 e. The molecular weight excluding hydrogens is 719 g/mol. The third-order valence-electron chi connectivity index (χ3n) is 10.8. The smallest absolute Gasteiger partial charge is 0.246 e. The number of aromatic nitrogens is 1. The first-order valence-corrected chi connectivity index (χ1v) is 19.4. The lowest BCUT2D eigenvalue weighted by molar-refractivity contribution is -0.205. The topological polar surface area (TPSA) is 144 Å². The molecule has 4 amide bonds. The molecule has 57 heavy (non-hydrogen) atoms. The molecule has 0 spiro atoms. The van der Waals surface area contributed by atoms with Crippen molar-refractivity contribution in [1.29, 1.82) is 0 Å². The third-order valence-corrected chi connectivity index (χ3v) is 10.8. The first-order valence-electron chi connectivity index (χ1n) is 19.4. The second-order valence-corrected chi connectivity index (χ2v) is 14.7. The normalized spacial score (nSPS) is 17.2. The second-order valence-electron chi connectivity index (χ2n) is 14.7. The van der Waals surface area contributed by atoms with Crippen molar-refractivity contribution in [2.45, 2.75) is 50.9 Å². The number of nitrogens with one attached hydrogen (secondary N) is 1. The molecule has 12 nitrogen and oxygen atoms in total. The molecule has 0 unspecified atom stereocenters. The van der Waals surface area contributed by atoms with Crippen LogP contribution in [0.3, 0.4) is 0 Å². The largest absolute Gasteiger partial charge is 0.508 e. The lowest BCUT2D eigenvalue weighted by Crippen LogP contribution is -2.75. The molecule has 0 radical (unpaired) electrons. The number of carbonyl (C=O) groups excluding carboxylic acids is 4. The Labute approximate surface area is 332 Å². The number of fused-ring (bicyclic) bond motifs is 2. The lowest BCUT2D eigenvalue weighted by atomic mass is 9.97. The van der Waals surface area contributed by atoms with Gasteiger partial charge in [-0.3, -0.25) is 19.2 Å². The summed E-state index contributed by atoms with van der Waals surface area (Å²) in [5.41, 5.74) is 11.9. The number of nitrogens with zero attached hydrogens (tertiary/aromatic N) is 5. The summed E-state index contributed by atoms with van der Waals surface area (Å²) in [5.74, 6) is -0.558. The fourth-order valence-electron chi connectivity index (χ4n) is 8.10. The first-order chi connectivity index (χ1) is 27.6. The number of aryl methyl sites for hydroxylation is 2. The van der Waals surface area contributed by atoms with Gasteiger partial charge in [0.1, 0.15) is 18.0 Å². The van der Waals surface area contributed by atoms with Crippen molar-refractivity contribution in [3.63, 3.8) is 0 Å². The van der Waals surface area contributed by atoms with Gasteiger partial charge in [0, 0.05) is 62.2 Å². The van der Waals surface area contributed by atoms with E-state index in [1.54, 1.807) is 50.2 Å². The van der Waals surface area contributed by atoms with E-state index in [9.17, 15) is 24.3 Å². The fourth-order valence-corrected chi connectivity index (χ4v) is 8.10. The standard InChI is InChI=1S/C45H49N7O5/c1-3-25-50-30-43(56)51-39(26-32-14-21-36(53)22-15-32)45(57)49(29-41(51)52(50)42(55)23-16-31-9-5-4-6-10-31)27-34-11-7-12-37-38(28-48(2)44(34)37)33-17-19-35(20-18-33)47-40(54)13-8-24-46/h3-7,9-12,14-15,17-22,28,39,41,53H,1,8,13,16,23-27,29-30,46H2,2H3,(H,47,54)/t39-,41-/m0/s1. The van der Waals surface area contributed by atoms with E-state index in [-0.39, 0.29) is 68.4 Å². The van der Waals surface area contributed by atoms with Crippen molar-refractivity contribution in [3.8, 4) is 16.9 Å². The highest BCUT2D eigenvalue weighted by molar-refractivity contribution is 5.99. The highest BCUT2D eigenvalue weighted by atomic mass is 16.3. The summed E-state index contributed by atoms with van der Waals surface area (Å²) in [6.07, 6.45) is 4.96. The van der Waals surface area contributed by atoms with Crippen LogP contribution in [0.1, 0.15) is 36.0 Å². The number of benzene rings is 4. The SMILES string of the molecule is C=CCN1CC(=O)N2[C@@H](Cc3ccc(O)cc3)C(=O)N(Cc3cccc4c(-c5ccc(NC(=O)CCCN)cc5)cn(C)c34)C[C@@H]2N1C(=O)CCc1ccccc1. The van der Waals surface area contributed by atoms with Gasteiger partial charge in [-0.1, -0.05) is 78.9 Å². The van der Waals surface area contributed by atoms with Crippen LogP contribution in [0.5, 0.6) is 5.75 Å². The monoisotopic (exact) mass is 767 g/mol. The Hall–Kier alpha value is -6.24. The number of phenolic OH excluding ortho intramolecular Hbond substituents is 1. The Morgan fingerprint density at radius 2 is 1.68 bits per heavy atom. The number of anilines is 1. The Balaban J connectivity index is 1.21. The summed E-state index contributed by atoms with van der Waals surface area (Å²) >= 11 is 0. The number of carbonyl (C=O) groups is 4. The fraction of sp³-hybridized carbons (Fsp3) is 0.289. The van der Waals surface area contributed by atoms with Gasteiger partial charge in [0.05, 0.1) is 18.6 Å². The summed E-state index contributed by atoms with van der Waals surface area (Å²) in [7, 11) is 1.98. The van der Waals surface area contributed by atoms with E-state index in [0.717, 1.165) is 38.7 Å². The van der Waals surface area contributed by atoms with E-state index in [0.29, 0.717) is 31.5 Å². The zero-order valence-corrected chi connectivity index (χ0v) is 32.2. The van der Waals surface area contributed by atoms with Crippen molar-refractivity contribution in [1.82, 2.24) is 24.4 Å². The molecule has 12 heteroatoms. The third kappa shape index (κ3) is 8.47. The van der Waals surface area contributed by atoms with Gasteiger partial charge in [0.2, 0.25) is 23.6 Å². The molecule has 2 fully saturated rings. The summed E-state index contributed by atoms with van der Waals surface area (Å²) in [5, 5.41) is 17.4. The van der Waals surface area contributed by atoms with Crippen LogP contribution < -0.4 is 11.1 Å². The quantitative estimate of drug-likeness (QED) is 0.132. The van der Waals surface area contributed by atoms with Gasteiger partial charge >= 0.3 is 0 Å². The molecule has 1 aromatic heterocycles. The minimum absolute atomic E-state index is 0.0635. The molecule has 4 N–H and O–H groups in total. The average Bonchev–Trinajstić information content (AvgIpc) is 3.56. The molecule has 0 bridgehead atoms. The van der Waals surface area contributed by atoms with Gasteiger partial charge in [-0.15, -0.1) is 6.58 Å². The summed E-state index contributed by atoms with van der Waals surface area (Å²) in [6.45, 7) is 4.96. The molecule has 0 aliphatic carbocycles. The number of para-hydroxylation sites is 1. The summed E-state index contributed by atoms with van der Waals surface area (Å²) < 4.78 is 2.06. The van der Waals surface area contributed by atoms with Crippen molar-refractivity contribution < 1.29 is 24.3 Å². The Kier molecular flexibility index (Phi) is 11.8. The molecule has 2 saturated heterocycles. The van der Waals surface area contributed by atoms with Crippen LogP contribution in [0, 0.1) is 0 Å². The molecule has 4 aromatic carbocycles. The predicted octanol–water partition coefficient (Wildman–Crippen LogP) is 5.21. The van der Waals surface area contributed by atoms with Crippen molar-refractivity contribution in [2.24, 2.45) is 12.8 Å². The molecule has 2 atom stereocenters. The number of rotatable bonds is 14. The molecule has 2 aliphatic heterocycles. The van der Waals surface area contributed by atoms with E-state index in [2.05, 4.69) is 28.7 Å². The lowest BCUT2D eigenvalue weighted by Gasteiger charge is -2.55. The Morgan fingerprint density at radius 1 is 0.930 bits per heavy atom. The van der Waals surface area contributed by atoms with E-state index >= 15 is 0 Å². The Bertz CT molecular complexity index is 2250. The number of aromatic hydroxyl groups is 1. The number of hydrazine groups is 1. The molecule has 294 valence electrons. The van der Waals surface area contributed by atoms with Crippen molar-refractivity contribution >= 4 is 40.2 Å². The Morgan fingerprint density at radius 3 is 2.40 bits per heavy atom. The van der Waals surface area contributed by atoms with Gasteiger partial charge in [-0.2, -0.15) is 0 Å². The van der Waals surface area contributed by atoms with Crippen LogP contribution in [0.2, 0.25) is 0 Å². The average molecular weight is 768 g/mol. The van der Waals surface area contributed by atoms with Crippen LogP contribution in [0.25, 0.3) is 22.0 Å². The number of piperazine rings is 1. The van der Waals surface area contributed by atoms with Crippen molar-refractivity contribution in [2.75, 3.05) is 31.5 Å². The van der Waals surface area contributed by atoms with Gasteiger partial charge in [-0.25, -0.2) is 10.0 Å². The molecule has 7 rings (SSSR count).